The van der Waals surface area contributed by atoms with E-state index in [0.717, 1.165) is 6.54 Å². The number of halogens is 2. The van der Waals surface area contributed by atoms with Crippen molar-refractivity contribution in [3.05, 3.63) is 34.6 Å². The van der Waals surface area contributed by atoms with Gasteiger partial charge >= 0.3 is 0 Å². The molecule has 0 aromatic heterocycles. The van der Waals surface area contributed by atoms with Gasteiger partial charge in [-0.15, -0.1) is 0 Å². The molecule has 0 radical (unpaired) electrons. The number of nitrogens with two attached hydrogens (primary N) is 1. The number of hydrogen-bond donors (Lipinski definition) is 1. The summed E-state index contributed by atoms with van der Waals surface area (Å²) in [5.74, 6) is -0.208. The molecule has 0 aliphatic carbocycles. The third-order valence-electron chi connectivity index (χ3n) is 2.08. The molecule has 14 heavy (non-hydrogen) atoms. The molecule has 0 heterocycles. The highest BCUT2D eigenvalue weighted by Gasteiger charge is 2.03. The van der Waals surface area contributed by atoms with Crippen LogP contribution in [0.25, 0.3) is 0 Å². The number of hydrogen-bond acceptors (Lipinski definition) is 2. The van der Waals surface area contributed by atoms with Crippen molar-refractivity contribution in [2.75, 3.05) is 20.3 Å². The molecule has 0 saturated carbocycles. The molecule has 0 atom stereocenters. The maximum atomic E-state index is 13.2. The van der Waals surface area contributed by atoms with E-state index in [4.69, 9.17) is 17.3 Å². The van der Waals surface area contributed by atoms with E-state index in [-0.39, 0.29) is 5.82 Å². The van der Waals surface area contributed by atoms with Crippen LogP contribution in [0.15, 0.2) is 18.2 Å². The molecule has 0 amide bonds. The van der Waals surface area contributed by atoms with Crippen molar-refractivity contribution in [3.8, 4) is 0 Å². The van der Waals surface area contributed by atoms with Crippen LogP contribution in [-0.2, 0) is 6.42 Å². The van der Waals surface area contributed by atoms with Crippen LogP contribution in [0.4, 0.5) is 4.39 Å². The van der Waals surface area contributed by atoms with E-state index in [2.05, 4.69) is 0 Å². The predicted octanol–water partition coefficient (Wildman–Crippen LogP) is 1.87. The molecule has 0 saturated heterocycles. The van der Waals surface area contributed by atoms with Crippen LogP contribution >= 0.6 is 11.6 Å². The van der Waals surface area contributed by atoms with Crippen molar-refractivity contribution in [2.24, 2.45) is 5.73 Å². The lowest BCUT2D eigenvalue weighted by atomic mass is 10.1. The molecule has 2 N–H and O–H groups in total. The lowest BCUT2D eigenvalue weighted by Gasteiger charge is -2.13. The fourth-order valence-corrected chi connectivity index (χ4v) is 1.33. The first-order valence-corrected chi connectivity index (χ1v) is 4.84. The monoisotopic (exact) mass is 216 g/mol. The topological polar surface area (TPSA) is 29.3 Å². The highest BCUT2D eigenvalue weighted by atomic mass is 35.5. The maximum Gasteiger partial charge on any atom is 0.126 e. The SMILES string of the molecule is CN(CN)CCc1cc(Cl)ccc1F. The Balaban J connectivity index is 2.62. The Hall–Kier alpha value is -0.640. The van der Waals surface area contributed by atoms with Gasteiger partial charge in [0, 0.05) is 18.2 Å². The quantitative estimate of drug-likeness (QED) is 0.779. The Bertz CT molecular complexity index is 304. The zero-order valence-corrected chi connectivity index (χ0v) is 8.89. The van der Waals surface area contributed by atoms with Gasteiger partial charge in [-0.25, -0.2) is 4.39 Å². The molecule has 0 unspecified atom stereocenters. The van der Waals surface area contributed by atoms with Crippen molar-refractivity contribution in [2.45, 2.75) is 6.42 Å². The molecule has 1 aromatic carbocycles. The molecule has 78 valence electrons. The number of nitrogens with zero attached hydrogens (tertiary/aromatic N) is 1. The number of benzene rings is 1. The van der Waals surface area contributed by atoms with Gasteiger partial charge in [-0.2, -0.15) is 0 Å². The Morgan fingerprint density at radius 3 is 2.86 bits per heavy atom. The first-order chi connectivity index (χ1) is 6.63. The largest absolute Gasteiger partial charge is 0.318 e. The summed E-state index contributed by atoms with van der Waals surface area (Å²) >= 11 is 5.76. The minimum Gasteiger partial charge on any atom is -0.318 e. The van der Waals surface area contributed by atoms with Crippen LogP contribution < -0.4 is 5.73 Å². The summed E-state index contributed by atoms with van der Waals surface area (Å²) in [6.45, 7) is 1.20. The van der Waals surface area contributed by atoms with Gasteiger partial charge in [0.25, 0.3) is 0 Å². The summed E-state index contributed by atoms with van der Waals surface area (Å²) in [4.78, 5) is 1.92. The van der Waals surface area contributed by atoms with Crippen molar-refractivity contribution in [1.82, 2.24) is 4.90 Å². The van der Waals surface area contributed by atoms with Gasteiger partial charge < -0.3 is 5.73 Å². The van der Waals surface area contributed by atoms with Crippen molar-refractivity contribution in [1.29, 1.82) is 0 Å². The molecular formula is C10H14ClFN2. The smallest absolute Gasteiger partial charge is 0.126 e. The zero-order chi connectivity index (χ0) is 10.6. The molecule has 0 aliphatic rings. The summed E-state index contributed by atoms with van der Waals surface area (Å²) < 4.78 is 13.2. The normalized spacial score (nSPS) is 10.9. The van der Waals surface area contributed by atoms with E-state index < -0.39 is 0 Å². The molecule has 0 bridgehead atoms. The van der Waals surface area contributed by atoms with Gasteiger partial charge in [0.2, 0.25) is 0 Å². The van der Waals surface area contributed by atoms with Crippen molar-refractivity contribution < 1.29 is 4.39 Å². The minimum atomic E-state index is -0.208. The standard InChI is InChI=1S/C10H14ClFN2/c1-14(7-13)5-4-8-6-9(11)2-3-10(8)12/h2-3,6H,4-5,7,13H2,1H3. The number of likely N-dealkylation sites (N-methyl/N-ethyl adjacent to an activating group) is 1. The Labute approximate surface area is 88.5 Å². The summed E-state index contributed by atoms with van der Waals surface area (Å²) in [6.07, 6.45) is 0.625. The lowest BCUT2D eigenvalue weighted by molar-refractivity contribution is 0.347. The van der Waals surface area contributed by atoms with Gasteiger partial charge in [-0.1, -0.05) is 11.6 Å². The molecule has 2 nitrogen and oxygen atoms in total. The number of rotatable bonds is 4. The average molecular weight is 217 g/mol. The lowest BCUT2D eigenvalue weighted by Crippen LogP contribution is -2.27. The van der Waals surface area contributed by atoms with Gasteiger partial charge in [0.05, 0.1) is 0 Å². The second-order valence-corrected chi connectivity index (χ2v) is 3.68. The molecule has 0 fully saturated rings. The first-order valence-electron chi connectivity index (χ1n) is 4.46. The van der Waals surface area contributed by atoms with Crippen molar-refractivity contribution in [3.63, 3.8) is 0 Å². The molecule has 4 heteroatoms. The van der Waals surface area contributed by atoms with Crippen LogP contribution in [0.3, 0.4) is 0 Å². The summed E-state index contributed by atoms with van der Waals surface area (Å²) in [6, 6.07) is 4.59. The van der Waals surface area contributed by atoms with Gasteiger partial charge in [-0.3, -0.25) is 4.90 Å². The first kappa shape index (κ1) is 11.4. The summed E-state index contributed by atoms with van der Waals surface area (Å²) in [7, 11) is 1.89. The van der Waals surface area contributed by atoms with E-state index >= 15 is 0 Å². The second kappa shape index (κ2) is 5.29. The van der Waals surface area contributed by atoms with Gasteiger partial charge in [0.15, 0.2) is 0 Å². The van der Waals surface area contributed by atoms with E-state index in [9.17, 15) is 4.39 Å². The Morgan fingerprint density at radius 2 is 2.21 bits per heavy atom. The average Bonchev–Trinajstić information content (AvgIpc) is 2.19. The van der Waals surface area contributed by atoms with Crippen LogP contribution in [0, 0.1) is 5.82 Å². The molecular weight excluding hydrogens is 203 g/mol. The minimum absolute atomic E-state index is 0.208. The van der Waals surface area contributed by atoms with Gasteiger partial charge in [0.1, 0.15) is 5.82 Å². The molecule has 1 aromatic rings. The van der Waals surface area contributed by atoms with Crippen LogP contribution in [0.1, 0.15) is 5.56 Å². The van der Waals surface area contributed by atoms with Crippen molar-refractivity contribution >= 4 is 11.6 Å². The summed E-state index contributed by atoms with van der Waals surface area (Å²) in [5.41, 5.74) is 6.05. The zero-order valence-electron chi connectivity index (χ0n) is 8.13. The van der Waals surface area contributed by atoms with E-state index in [1.54, 1.807) is 12.1 Å². The predicted molar refractivity (Wildman–Crippen MR) is 56.8 cm³/mol. The van der Waals surface area contributed by atoms with Crippen LogP contribution in [0.2, 0.25) is 5.02 Å². The second-order valence-electron chi connectivity index (χ2n) is 3.25. The Morgan fingerprint density at radius 1 is 1.50 bits per heavy atom. The fraction of sp³-hybridized carbons (Fsp3) is 0.400. The van der Waals surface area contributed by atoms with E-state index in [1.807, 2.05) is 11.9 Å². The van der Waals surface area contributed by atoms with Crippen LogP contribution in [0.5, 0.6) is 0 Å². The highest BCUT2D eigenvalue weighted by molar-refractivity contribution is 6.30. The molecule has 1 rings (SSSR count). The van der Waals surface area contributed by atoms with Crippen LogP contribution in [-0.4, -0.2) is 25.2 Å². The molecule has 0 spiro atoms. The van der Waals surface area contributed by atoms with E-state index in [0.29, 0.717) is 23.7 Å². The highest BCUT2D eigenvalue weighted by Crippen LogP contribution is 2.15. The maximum absolute atomic E-state index is 13.2. The Kier molecular flexibility index (Phi) is 4.32. The fourth-order valence-electron chi connectivity index (χ4n) is 1.14. The summed E-state index contributed by atoms with van der Waals surface area (Å²) in [5, 5.41) is 0.566. The third kappa shape index (κ3) is 3.25. The van der Waals surface area contributed by atoms with E-state index in [1.165, 1.54) is 6.07 Å². The molecule has 0 aliphatic heterocycles. The third-order valence-corrected chi connectivity index (χ3v) is 2.32. The van der Waals surface area contributed by atoms with Gasteiger partial charge in [-0.05, 0) is 37.2 Å².